The van der Waals surface area contributed by atoms with E-state index in [4.69, 9.17) is 0 Å². The van der Waals surface area contributed by atoms with Gasteiger partial charge in [-0.1, -0.05) is 29.8 Å². The average Bonchev–Trinajstić information content (AvgIpc) is 2.17. The van der Waals surface area contributed by atoms with Gasteiger partial charge in [-0.15, -0.1) is 0 Å². The number of hydrogen-bond donors (Lipinski definition) is 2. The molecule has 0 bridgehead atoms. The zero-order valence-corrected chi connectivity index (χ0v) is 10.9. The highest BCUT2D eigenvalue weighted by molar-refractivity contribution is 5.23. The molecule has 0 spiro atoms. The maximum atomic E-state index is 9.86. The van der Waals surface area contributed by atoms with Crippen LogP contribution >= 0.6 is 0 Å². The first-order valence-electron chi connectivity index (χ1n) is 5.85. The van der Waals surface area contributed by atoms with E-state index in [0.29, 0.717) is 0 Å². The van der Waals surface area contributed by atoms with Crippen LogP contribution in [-0.2, 0) is 0 Å². The van der Waals surface area contributed by atoms with Crippen molar-refractivity contribution in [3.8, 4) is 0 Å². The van der Waals surface area contributed by atoms with Crippen LogP contribution in [0.3, 0.4) is 0 Å². The summed E-state index contributed by atoms with van der Waals surface area (Å²) >= 11 is 0. The Kier molecular flexibility index (Phi) is 4.11. The molecular weight excluding hydrogens is 198 g/mol. The number of benzene rings is 1. The molecule has 0 fully saturated rings. The largest absolute Gasteiger partial charge is 0.389 e. The molecule has 2 unspecified atom stereocenters. The molecule has 1 rings (SSSR count). The van der Waals surface area contributed by atoms with E-state index in [-0.39, 0.29) is 12.1 Å². The standard InChI is InChI=1S/C14H23NO/c1-10-6-8-13(9-7-10)11(2)15-12(3)14(4,5)16/h6-9,11-12,15-16H,1-5H3. The van der Waals surface area contributed by atoms with Gasteiger partial charge >= 0.3 is 0 Å². The number of rotatable bonds is 4. The van der Waals surface area contributed by atoms with Crippen molar-refractivity contribution in [2.75, 3.05) is 0 Å². The maximum Gasteiger partial charge on any atom is 0.0741 e. The summed E-state index contributed by atoms with van der Waals surface area (Å²) < 4.78 is 0. The van der Waals surface area contributed by atoms with Gasteiger partial charge in [0, 0.05) is 12.1 Å². The Hall–Kier alpha value is -0.860. The van der Waals surface area contributed by atoms with E-state index in [9.17, 15) is 5.11 Å². The maximum absolute atomic E-state index is 9.86. The lowest BCUT2D eigenvalue weighted by atomic mass is 9.98. The summed E-state index contributed by atoms with van der Waals surface area (Å²) in [5, 5.41) is 13.3. The first kappa shape index (κ1) is 13.2. The van der Waals surface area contributed by atoms with Crippen molar-refractivity contribution in [3.63, 3.8) is 0 Å². The minimum absolute atomic E-state index is 0.0591. The number of aliphatic hydroxyl groups is 1. The number of nitrogens with one attached hydrogen (secondary N) is 1. The van der Waals surface area contributed by atoms with Gasteiger partial charge in [0.2, 0.25) is 0 Å². The number of hydrogen-bond acceptors (Lipinski definition) is 2. The first-order chi connectivity index (χ1) is 7.30. The lowest BCUT2D eigenvalue weighted by molar-refractivity contribution is 0.0405. The molecule has 0 aliphatic rings. The quantitative estimate of drug-likeness (QED) is 0.819. The lowest BCUT2D eigenvalue weighted by Gasteiger charge is -2.30. The molecule has 16 heavy (non-hydrogen) atoms. The summed E-state index contributed by atoms with van der Waals surface area (Å²) in [4.78, 5) is 0. The Morgan fingerprint density at radius 1 is 1.12 bits per heavy atom. The molecule has 2 nitrogen and oxygen atoms in total. The molecule has 0 amide bonds. The van der Waals surface area contributed by atoms with E-state index in [1.807, 2.05) is 20.8 Å². The summed E-state index contributed by atoms with van der Waals surface area (Å²) in [6.45, 7) is 9.86. The van der Waals surface area contributed by atoms with Gasteiger partial charge in [0.05, 0.1) is 5.60 Å². The highest BCUT2D eigenvalue weighted by Crippen LogP contribution is 2.17. The van der Waals surface area contributed by atoms with Crippen LogP contribution in [0, 0.1) is 6.92 Å². The zero-order chi connectivity index (χ0) is 12.3. The van der Waals surface area contributed by atoms with Crippen molar-refractivity contribution in [1.29, 1.82) is 0 Å². The highest BCUT2D eigenvalue weighted by atomic mass is 16.3. The molecule has 0 aliphatic carbocycles. The van der Waals surface area contributed by atoms with Crippen LogP contribution < -0.4 is 5.32 Å². The second kappa shape index (κ2) is 4.98. The monoisotopic (exact) mass is 221 g/mol. The molecule has 1 aromatic rings. The van der Waals surface area contributed by atoms with Gasteiger partial charge in [-0.25, -0.2) is 0 Å². The SMILES string of the molecule is Cc1ccc(C(C)NC(C)C(C)(C)O)cc1. The van der Waals surface area contributed by atoms with E-state index in [0.717, 1.165) is 0 Å². The van der Waals surface area contributed by atoms with Crippen LogP contribution in [0.15, 0.2) is 24.3 Å². The minimum atomic E-state index is -0.695. The second-order valence-electron chi connectivity index (χ2n) is 5.17. The van der Waals surface area contributed by atoms with Crippen LogP contribution in [0.4, 0.5) is 0 Å². The van der Waals surface area contributed by atoms with Crippen molar-refractivity contribution >= 4 is 0 Å². The smallest absolute Gasteiger partial charge is 0.0741 e. The zero-order valence-electron chi connectivity index (χ0n) is 10.9. The van der Waals surface area contributed by atoms with Gasteiger partial charge in [-0.05, 0) is 40.2 Å². The predicted octanol–water partition coefficient (Wildman–Crippen LogP) is 2.81. The normalized spacial score (nSPS) is 15.9. The summed E-state index contributed by atoms with van der Waals surface area (Å²) in [6, 6.07) is 8.80. The van der Waals surface area contributed by atoms with Gasteiger partial charge in [0.1, 0.15) is 0 Å². The average molecular weight is 221 g/mol. The topological polar surface area (TPSA) is 32.3 Å². The molecule has 2 atom stereocenters. The Balaban J connectivity index is 2.65. The van der Waals surface area contributed by atoms with E-state index in [2.05, 4.69) is 43.4 Å². The van der Waals surface area contributed by atoms with E-state index in [1.54, 1.807) is 0 Å². The molecule has 1 aromatic carbocycles. The van der Waals surface area contributed by atoms with Crippen LogP contribution in [0.1, 0.15) is 44.9 Å². The van der Waals surface area contributed by atoms with Crippen LogP contribution in [0.2, 0.25) is 0 Å². The second-order valence-corrected chi connectivity index (χ2v) is 5.17. The summed E-state index contributed by atoms with van der Waals surface area (Å²) in [5.41, 5.74) is 1.83. The van der Waals surface area contributed by atoms with Crippen molar-refractivity contribution in [2.24, 2.45) is 0 Å². The van der Waals surface area contributed by atoms with Crippen LogP contribution in [0.5, 0.6) is 0 Å². The van der Waals surface area contributed by atoms with E-state index < -0.39 is 5.60 Å². The summed E-state index contributed by atoms with van der Waals surface area (Å²) in [6.07, 6.45) is 0. The fraction of sp³-hybridized carbons (Fsp3) is 0.571. The predicted molar refractivity (Wildman–Crippen MR) is 68.5 cm³/mol. The highest BCUT2D eigenvalue weighted by Gasteiger charge is 2.23. The Labute approximate surface area is 98.7 Å². The molecule has 0 aliphatic heterocycles. The van der Waals surface area contributed by atoms with Gasteiger partial charge in [-0.3, -0.25) is 0 Å². The van der Waals surface area contributed by atoms with Crippen molar-refractivity contribution < 1.29 is 5.11 Å². The third-order valence-corrected chi connectivity index (χ3v) is 3.14. The first-order valence-corrected chi connectivity index (χ1v) is 5.85. The molecule has 0 saturated carbocycles. The van der Waals surface area contributed by atoms with Crippen molar-refractivity contribution in [2.45, 2.75) is 52.3 Å². The van der Waals surface area contributed by atoms with Crippen molar-refractivity contribution in [3.05, 3.63) is 35.4 Å². The van der Waals surface area contributed by atoms with Crippen LogP contribution in [-0.4, -0.2) is 16.7 Å². The molecule has 0 heterocycles. The van der Waals surface area contributed by atoms with E-state index >= 15 is 0 Å². The van der Waals surface area contributed by atoms with E-state index in [1.165, 1.54) is 11.1 Å². The van der Waals surface area contributed by atoms with Gasteiger partial charge < -0.3 is 10.4 Å². The molecule has 0 radical (unpaired) electrons. The molecular formula is C14H23NO. The van der Waals surface area contributed by atoms with Crippen molar-refractivity contribution in [1.82, 2.24) is 5.32 Å². The Morgan fingerprint density at radius 2 is 1.62 bits per heavy atom. The Morgan fingerprint density at radius 3 is 2.06 bits per heavy atom. The fourth-order valence-corrected chi connectivity index (χ4v) is 1.53. The van der Waals surface area contributed by atoms with Gasteiger partial charge in [0.25, 0.3) is 0 Å². The lowest BCUT2D eigenvalue weighted by Crippen LogP contribution is -2.45. The molecule has 0 aromatic heterocycles. The molecule has 2 heteroatoms. The number of aryl methyl sites for hydroxylation is 1. The van der Waals surface area contributed by atoms with Gasteiger partial charge in [-0.2, -0.15) is 0 Å². The minimum Gasteiger partial charge on any atom is -0.389 e. The van der Waals surface area contributed by atoms with Gasteiger partial charge in [0.15, 0.2) is 0 Å². The summed E-state index contributed by atoms with van der Waals surface area (Å²) in [7, 11) is 0. The molecule has 90 valence electrons. The third kappa shape index (κ3) is 3.62. The molecule has 0 saturated heterocycles. The fourth-order valence-electron chi connectivity index (χ4n) is 1.53. The summed E-state index contributed by atoms with van der Waals surface area (Å²) in [5.74, 6) is 0. The van der Waals surface area contributed by atoms with Crippen LogP contribution in [0.25, 0.3) is 0 Å². The Bertz CT molecular complexity index is 324. The third-order valence-electron chi connectivity index (χ3n) is 3.14. The molecule has 2 N–H and O–H groups in total.